The molecular formula is C12H12F4N2O4. The standard InChI is InChI=1S/C12H12F4N2O4/c1-18(22-2)10(19)9(17-11(20)21)6-3-4-7(8(13)5-6)12(14,15)16/h3-5,9,17H,1-2H3,(H,20,21). The molecule has 2 N–H and O–H groups in total. The Kier molecular flexibility index (Phi) is 5.31. The molecule has 0 bridgehead atoms. The minimum absolute atomic E-state index is 0.290. The van der Waals surface area contributed by atoms with E-state index in [1.165, 1.54) is 7.05 Å². The number of halogens is 4. The third kappa shape index (κ3) is 4.07. The summed E-state index contributed by atoms with van der Waals surface area (Å²) < 4.78 is 51.0. The van der Waals surface area contributed by atoms with Crippen LogP contribution in [0.5, 0.6) is 0 Å². The van der Waals surface area contributed by atoms with Gasteiger partial charge in [0.1, 0.15) is 11.9 Å². The Hall–Kier alpha value is -2.36. The molecule has 0 aliphatic carbocycles. The van der Waals surface area contributed by atoms with E-state index in [2.05, 4.69) is 4.84 Å². The second-order valence-corrected chi connectivity index (χ2v) is 4.14. The number of hydrogen-bond donors (Lipinski definition) is 2. The number of hydroxylamine groups is 2. The molecule has 0 saturated carbocycles. The molecule has 1 unspecified atom stereocenters. The number of carbonyl (C=O) groups excluding carboxylic acids is 1. The Morgan fingerprint density at radius 2 is 1.95 bits per heavy atom. The molecule has 1 rings (SSSR count). The minimum atomic E-state index is -4.90. The van der Waals surface area contributed by atoms with Crippen LogP contribution < -0.4 is 5.32 Å². The van der Waals surface area contributed by atoms with E-state index in [1.54, 1.807) is 5.32 Å². The molecule has 22 heavy (non-hydrogen) atoms. The normalized spacial score (nSPS) is 12.6. The maximum Gasteiger partial charge on any atom is 0.419 e. The highest BCUT2D eigenvalue weighted by Crippen LogP contribution is 2.32. The second kappa shape index (κ2) is 6.60. The third-order valence-electron chi connectivity index (χ3n) is 2.73. The van der Waals surface area contributed by atoms with Crippen molar-refractivity contribution in [2.75, 3.05) is 14.2 Å². The van der Waals surface area contributed by atoms with Crippen LogP contribution in [0.4, 0.5) is 22.4 Å². The molecule has 0 aliphatic heterocycles. The van der Waals surface area contributed by atoms with E-state index < -0.39 is 35.6 Å². The van der Waals surface area contributed by atoms with E-state index in [0.717, 1.165) is 13.2 Å². The minimum Gasteiger partial charge on any atom is -0.465 e. The van der Waals surface area contributed by atoms with E-state index in [9.17, 15) is 27.2 Å². The summed E-state index contributed by atoms with van der Waals surface area (Å²) in [5.41, 5.74) is -1.81. The van der Waals surface area contributed by atoms with Crippen molar-refractivity contribution in [3.8, 4) is 0 Å². The number of amides is 2. The summed E-state index contributed by atoms with van der Waals surface area (Å²) in [5.74, 6) is -2.54. The molecule has 0 heterocycles. The van der Waals surface area contributed by atoms with Gasteiger partial charge in [0.25, 0.3) is 5.91 Å². The fourth-order valence-electron chi connectivity index (χ4n) is 1.62. The number of hydrogen-bond acceptors (Lipinski definition) is 3. The Bertz CT molecular complexity index is 577. The van der Waals surface area contributed by atoms with Crippen molar-refractivity contribution in [3.05, 3.63) is 35.1 Å². The number of benzene rings is 1. The van der Waals surface area contributed by atoms with Crippen molar-refractivity contribution in [1.82, 2.24) is 10.4 Å². The topological polar surface area (TPSA) is 78.9 Å². The van der Waals surface area contributed by atoms with E-state index in [0.29, 0.717) is 17.2 Å². The van der Waals surface area contributed by atoms with Crippen LogP contribution in [0.25, 0.3) is 0 Å². The van der Waals surface area contributed by atoms with Crippen molar-refractivity contribution in [3.63, 3.8) is 0 Å². The number of carbonyl (C=O) groups is 2. The predicted octanol–water partition coefficient (Wildman–Crippen LogP) is 2.17. The Balaban J connectivity index is 3.23. The maximum absolute atomic E-state index is 13.5. The van der Waals surface area contributed by atoms with Crippen molar-refractivity contribution in [1.29, 1.82) is 0 Å². The summed E-state index contributed by atoms with van der Waals surface area (Å²) in [5, 5.41) is 11.2. The van der Waals surface area contributed by atoms with E-state index >= 15 is 0 Å². The molecule has 10 heteroatoms. The number of nitrogens with one attached hydrogen (secondary N) is 1. The quantitative estimate of drug-likeness (QED) is 0.657. The summed E-state index contributed by atoms with van der Waals surface area (Å²) in [6.07, 6.45) is -6.51. The van der Waals surface area contributed by atoms with E-state index in [4.69, 9.17) is 5.11 Å². The fourth-order valence-corrected chi connectivity index (χ4v) is 1.62. The Labute approximate surface area is 122 Å². The lowest BCUT2D eigenvalue weighted by Gasteiger charge is -2.22. The van der Waals surface area contributed by atoms with Crippen LogP contribution in [-0.4, -0.2) is 36.3 Å². The molecule has 1 aromatic rings. The van der Waals surface area contributed by atoms with Crippen LogP contribution in [0.2, 0.25) is 0 Å². The Morgan fingerprint density at radius 1 is 1.36 bits per heavy atom. The molecule has 6 nitrogen and oxygen atoms in total. The highest BCUT2D eigenvalue weighted by Gasteiger charge is 2.35. The van der Waals surface area contributed by atoms with Gasteiger partial charge in [-0.1, -0.05) is 6.07 Å². The predicted molar refractivity (Wildman–Crippen MR) is 65.1 cm³/mol. The van der Waals surface area contributed by atoms with Gasteiger partial charge in [-0.15, -0.1) is 0 Å². The highest BCUT2D eigenvalue weighted by molar-refractivity contribution is 5.85. The van der Waals surface area contributed by atoms with Gasteiger partial charge in [0.2, 0.25) is 0 Å². The van der Waals surface area contributed by atoms with Gasteiger partial charge in [-0.25, -0.2) is 14.2 Å². The summed E-state index contributed by atoms with van der Waals surface area (Å²) in [6, 6.07) is 0.0826. The number of rotatable bonds is 4. The molecular weight excluding hydrogens is 312 g/mol. The SMILES string of the molecule is CON(C)C(=O)C(NC(=O)O)c1ccc(C(F)(F)F)c(F)c1. The molecule has 2 amide bonds. The van der Waals surface area contributed by atoms with Gasteiger partial charge >= 0.3 is 12.3 Å². The van der Waals surface area contributed by atoms with Crippen molar-refractivity contribution in [2.45, 2.75) is 12.2 Å². The van der Waals surface area contributed by atoms with Gasteiger partial charge in [0.05, 0.1) is 12.7 Å². The first kappa shape index (κ1) is 17.7. The van der Waals surface area contributed by atoms with Crippen LogP contribution in [0, 0.1) is 5.82 Å². The molecule has 0 saturated heterocycles. The van der Waals surface area contributed by atoms with Crippen molar-refractivity contribution < 1.29 is 37.1 Å². The number of alkyl halides is 3. The first-order valence-corrected chi connectivity index (χ1v) is 5.75. The van der Waals surface area contributed by atoms with Gasteiger partial charge in [0.15, 0.2) is 0 Å². The van der Waals surface area contributed by atoms with E-state index in [-0.39, 0.29) is 5.56 Å². The lowest BCUT2D eigenvalue weighted by Crippen LogP contribution is -2.40. The lowest BCUT2D eigenvalue weighted by molar-refractivity contribution is -0.171. The summed E-state index contributed by atoms with van der Waals surface area (Å²) in [4.78, 5) is 27.2. The number of nitrogens with zero attached hydrogens (tertiary/aromatic N) is 1. The largest absolute Gasteiger partial charge is 0.465 e. The first-order valence-electron chi connectivity index (χ1n) is 5.75. The molecule has 1 aromatic carbocycles. The molecule has 122 valence electrons. The number of carboxylic acid groups (broad SMARTS) is 1. The van der Waals surface area contributed by atoms with Crippen molar-refractivity contribution >= 4 is 12.0 Å². The van der Waals surface area contributed by atoms with Crippen LogP contribution in [-0.2, 0) is 15.8 Å². The zero-order chi connectivity index (χ0) is 17.1. The Morgan fingerprint density at radius 3 is 2.36 bits per heavy atom. The first-order chi connectivity index (χ1) is 10.1. The average molecular weight is 324 g/mol. The van der Waals surface area contributed by atoms with Gasteiger partial charge in [-0.3, -0.25) is 9.63 Å². The van der Waals surface area contributed by atoms with Crippen LogP contribution in [0.1, 0.15) is 17.2 Å². The second-order valence-electron chi connectivity index (χ2n) is 4.14. The lowest BCUT2D eigenvalue weighted by atomic mass is 10.0. The molecule has 0 aromatic heterocycles. The molecule has 0 radical (unpaired) electrons. The van der Waals surface area contributed by atoms with Crippen LogP contribution >= 0.6 is 0 Å². The summed E-state index contributed by atoms with van der Waals surface area (Å²) in [6.45, 7) is 0. The zero-order valence-corrected chi connectivity index (χ0v) is 11.4. The summed E-state index contributed by atoms with van der Waals surface area (Å²) >= 11 is 0. The van der Waals surface area contributed by atoms with Gasteiger partial charge < -0.3 is 10.4 Å². The average Bonchev–Trinajstić information content (AvgIpc) is 2.41. The monoisotopic (exact) mass is 324 g/mol. The van der Waals surface area contributed by atoms with E-state index in [1.807, 2.05) is 0 Å². The molecule has 0 aliphatic rings. The van der Waals surface area contributed by atoms with Gasteiger partial charge in [0, 0.05) is 7.05 Å². The highest BCUT2D eigenvalue weighted by atomic mass is 19.4. The van der Waals surface area contributed by atoms with Gasteiger partial charge in [-0.05, 0) is 17.7 Å². The number of likely N-dealkylation sites (N-methyl/N-ethyl adjacent to an activating group) is 1. The third-order valence-corrected chi connectivity index (χ3v) is 2.73. The maximum atomic E-state index is 13.5. The van der Waals surface area contributed by atoms with Crippen molar-refractivity contribution in [2.24, 2.45) is 0 Å². The summed E-state index contributed by atoms with van der Waals surface area (Å²) in [7, 11) is 2.29. The molecule has 1 atom stereocenters. The smallest absolute Gasteiger partial charge is 0.419 e. The molecule has 0 spiro atoms. The van der Waals surface area contributed by atoms with Crippen LogP contribution in [0.15, 0.2) is 18.2 Å². The van der Waals surface area contributed by atoms with Gasteiger partial charge in [-0.2, -0.15) is 13.2 Å². The fraction of sp³-hybridized carbons (Fsp3) is 0.333. The zero-order valence-electron chi connectivity index (χ0n) is 11.4. The van der Waals surface area contributed by atoms with Crippen LogP contribution in [0.3, 0.4) is 0 Å². The molecule has 0 fully saturated rings.